The van der Waals surface area contributed by atoms with Gasteiger partial charge in [-0.3, -0.25) is 19.4 Å². The number of piperidine rings is 1. The van der Waals surface area contributed by atoms with Crippen LogP contribution in [0.25, 0.3) is 39.5 Å². The Morgan fingerprint density at radius 1 is 0.911 bits per heavy atom. The van der Waals surface area contributed by atoms with Gasteiger partial charge in [0, 0.05) is 49.3 Å². The van der Waals surface area contributed by atoms with Gasteiger partial charge in [-0.2, -0.15) is 5.26 Å². The first-order valence-electron chi connectivity index (χ1n) is 14.6. The van der Waals surface area contributed by atoms with Crippen LogP contribution in [-0.4, -0.2) is 58.5 Å². The lowest BCUT2D eigenvalue weighted by Crippen LogP contribution is -2.38. The smallest absolute Gasteiger partial charge is 0.234 e. The van der Waals surface area contributed by atoms with E-state index < -0.39 is 5.82 Å². The number of halogens is 1. The number of anilines is 2. The molecule has 1 aromatic carbocycles. The van der Waals surface area contributed by atoms with E-state index in [1.165, 1.54) is 17.8 Å². The highest BCUT2D eigenvalue weighted by Crippen LogP contribution is 2.33. The fraction of sp³-hybridized carbons (Fsp3) is 0.182. The number of likely N-dealkylation sites (tertiary alicyclic amines) is 1. The van der Waals surface area contributed by atoms with Crippen molar-refractivity contribution in [2.45, 2.75) is 25.4 Å². The Morgan fingerprint density at radius 2 is 1.76 bits per heavy atom. The van der Waals surface area contributed by atoms with Crippen molar-refractivity contribution in [3.8, 4) is 34.4 Å². The molecular weight excluding hydrogens is 569 g/mol. The molecule has 1 aliphatic rings. The van der Waals surface area contributed by atoms with Gasteiger partial charge in [0.25, 0.3) is 0 Å². The van der Waals surface area contributed by atoms with Crippen LogP contribution in [0.3, 0.4) is 0 Å². The molecule has 11 nitrogen and oxygen atoms in total. The highest BCUT2D eigenvalue weighted by Gasteiger charge is 2.21. The average molecular weight is 598 g/mol. The van der Waals surface area contributed by atoms with Gasteiger partial charge in [0.15, 0.2) is 5.65 Å². The zero-order valence-electron chi connectivity index (χ0n) is 24.2. The third-order valence-corrected chi connectivity index (χ3v) is 7.91. The summed E-state index contributed by atoms with van der Waals surface area (Å²) in [6, 6.07) is 21.2. The van der Waals surface area contributed by atoms with E-state index in [2.05, 4.69) is 59.4 Å². The number of nitrogens with zero attached hydrogens (tertiary/aromatic N) is 9. The number of nitrogen functional groups attached to an aromatic ring is 1. The maximum atomic E-state index is 13.5. The third kappa shape index (κ3) is 5.89. The lowest BCUT2D eigenvalue weighted by molar-refractivity contribution is 0.211. The number of benzene rings is 1. The fourth-order valence-corrected chi connectivity index (χ4v) is 5.65. The molecule has 0 bridgehead atoms. The van der Waals surface area contributed by atoms with Gasteiger partial charge in [-0.1, -0.05) is 12.1 Å². The first kappa shape index (κ1) is 28.0. The van der Waals surface area contributed by atoms with Crippen molar-refractivity contribution in [3.63, 3.8) is 0 Å². The highest BCUT2D eigenvalue weighted by molar-refractivity contribution is 5.87. The molecule has 5 aromatic heterocycles. The Morgan fingerprint density at radius 3 is 2.51 bits per heavy atom. The Bertz CT molecular complexity index is 2010. The first-order valence-corrected chi connectivity index (χ1v) is 14.6. The van der Waals surface area contributed by atoms with E-state index in [0.29, 0.717) is 40.2 Å². The van der Waals surface area contributed by atoms with Gasteiger partial charge in [-0.15, -0.1) is 0 Å². The molecule has 0 unspecified atom stereocenters. The Hall–Kier alpha value is -5.80. The van der Waals surface area contributed by atoms with Gasteiger partial charge >= 0.3 is 0 Å². The second-order valence-electron chi connectivity index (χ2n) is 10.9. The highest BCUT2D eigenvalue weighted by atomic mass is 19.1. The number of pyridine rings is 2. The number of nitrogens with two attached hydrogens (primary N) is 1. The van der Waals surface area contributed by atoms with Crippen molar-refractivity contribution in [1.82, 2.24) is 39.4 Å². The topological polar surface area (TPSA) is 147 Å². The van der Waals surface area contributed by atoms with Crippen LogP contribution in [0, 0.1) is 17.1 Å². The zero-order valence-corrected chi connectivity index (χ0v) is 24.2. The molecule has 0 atom stereocenters. The lowest BCUT2D eigenvalue weighted by Gasteiger charge is -2.32. The average Bonchev–Trinajstić information content (AvgIpc) is 3.45. The number of nitrogens with one attached hydrogen (secondary N) is 1. The van der Waals surface area contributed by atoms with E-state index in [0.717, 1.165) is 49.4 Å². The molecular formula is C33H28FN11. The van der Waals surface area contributed by atoms with Crippen LogP contribution in [-0.2, 0) is 6.54 Å². The molecule has 0 spiro atoms. The second-order valence-corrected chi connectivity index (χ2v) is 10.9. The summed E-state index contributed by atoms with van der Waals surface area (Å²) in [6.45, 7) is 2.71. The number of fused-ring (bicyclic) bond motifs is 1. The van der Waals surface area contributed by atoms with Crippen LogP contribution in [0.15, 0.2) is 85.5 Å². The molecule has 0 aliphatic carbocycles. The molecule has 7 rings (SSSR count). The summed E-state index contributed by atoms with van der Waals surface area (Å²) in [7, 11) is 0. The van der Waals surface area contributed by atoms with Gasteiger partial charge in [0.2, 0.25) is 5.82 Å². The van der Waals surface area contributed by atoms with Crippen molar-refractivity contribution in [3.05, 3.63) is 103 Å². The molecule has 1 aliphatic heterocycles. The predicted octanol–water partition coefficient (Wildman–Crippen LogP) is 5.00. The zero-order chi connectivity index (χ0) is 30.8. The van der Waals surface area contributed by atoms with E-state index in [1.54, 1.807) is 30.7 Å². The molecule has 6 aromatic rings. The minimum absolute atomic E-state index is 0.169. The number of nitriles is 1. The van der Waals surface area contributed by atoms with Crippen molar-refractivity contribution >= 4 is 22.8 Å². The summed E-state index contributed by atoms with van der Waals surface area (Å²) < 4.78 is 15.6. The normalized spacial score (nSPS) is 14.0. The SMILES string of the molecule is N#Cc1nccc(NC2CCN(Cc3ccc(-n4c(-c5cccnc5N)cc5ncc(-c6ccc(F)cn6)nc54)cc3)CC2)n1. The molecule has 0 saturated carbocycles. The van der Waals surface area contributed by atoms with Crippen LogP contribution in [0.4, 0.5) is 16.0 Å². The summed E-state index contributed by atoms with van der Waals surface area (Å²) >= 11 is 0. The fourth-order valence-electron chi connectivity index (χ4n) is 5.65. The summed E-state index contributed by atoms with van der Waals surface area (Å²) in [5.74, 6) is 0.846. The van der Waals surface area contributed by atoms with E-state index in [1.807, 2.05) is 28.8 Å². The quantitative estimate of drug-likeness (QED) is 0.257. The van der Waals surface area contributed by atoms with Crippen LogP contribution < -0.4 is 11.1 Å². The summed E-state index contributed by atoms with van der Waals surface area (Å²) in [5.41, 5.74) is 12.4. The molecule has 1 saturated heterocycles. The van der Waals surface area contributed by atoms with Gasteiger partial charge in [-0.05, 0) is 66.9 Å². The van der Waals surface area contributed by atoms with Crippen molar-refractivity contribution in [2.75, 3.05) is 24.1 Å². The van der Waals surface area contributed by atoms with Crippen molar-refractivity contribution < 1.29 is 4.39 Å². The van der Waals surface area contributed by atoms with E-state index in [9.17, 15) is 4.39 Å². The maximum Gasteiger partial charge on any atom is 0.234 e. The molecule has 0 radical (unpaired) electrons. The lowest BCUT2D eigenvalue weighted by atomic mass is 10.0. The van der Waals surface area contributed by atoms with E-state index in [-0.39, 0.29) is 5.82 Å². The molecule has 0 amide bonds. The molecule has 1 fully saturated rings. The standard InChI is InChI=1S/C33H28FN11/c34-22-5-8-26(39-18-22)28-19-40-27-16-29(25-2-1-12-38-32(25)36)45(33(27)42-28)24-6-3-21(4-7-24)20-44-14-10-23(11-15-44)41-30-9-13-37-31(17-35)43-30/h1-9,12-13,16,18-19,23H,10-11,14-15,20H2,(H2,36,38)(H,37,41,43). The minimum Gasteiger partial charge on any atom is -0.383 e. The number of rotatable bonds is 7. The molecule has 45 heavy (non-hydrogen) atoms. The predicted molar refractivity (Wildman–Crippen MR) is 168 cm³/mol. The molecule has 6 heterocycles. The molecule has 3 N–H and O–H groups in total. The summed E-state index contributed by atoms with van der Waals surface area (Å²) in [5, 5.41) is 12.5. The summed E-state index contributed by atoms with van der Waals surface area (Å²) in [6.07, 6.45) is 8.02. The van der Waals surface area contributed by atoms with Gasteiger partial charge < -0.3 is 11.1 Å². The second kappa shape index (κ2) is 12.1. The van der Waals surface area contributed by atoms with Crippen LogP contribution in [0.5, 0.6) is 0 Å². The van der Waals surface area contributed by atoms with Gasteiger partial charge in [0.05, 0.1) is 23.8 Å². The molecule has 222 valence electrons. The summed E-state index contributed by atoms with van der Waals surface area (Å²) in [4.78, 5) is 28.7. The minimum atomic E-state index is -0.413. The monoisotopic (exact) mass is 597 g/mol. The van der Waals surface area contributed by atoms with E-state index in [4.69, 9.17) is 16.0 Å². The Kier molecular flexibility index (Phi) is 7.51. The van der Waals surface area contributed by atoms with Crippen molar-refractivity contribution in [1.29, 1.82) is 5.26 Å². The van der Waals surface area contributed by atoms with E-state index >= 15 is 0 Å². The van der Waals surface area contributed by atoms with Crippen LogP contribution in [0.1, 0.15) is 24.2 Å². The van der Waals surface area contributed by atoms with Crippen molar-refractivity contribution in [2.24, 2.45) is 0 Å². The molecule has 12 heteroatoms. The largest absolute Gasteiger partial charge is 0.383 e. The van der Waals surface area contributed by atoms with Gasteiger partial charge in [-0.25, -0.2) is 24.3 Å². The first-order chi connectivity index (χ1) is 22.0. The number of aromatic nitrogens is 7. The van der Waals surface area contributed by atoms with Crippen LogP contribution >= 0.6 is 0 Å². The maximum absolute atomic E-state index is 13.5. The third-order valence-electron chi connectivity index (χ3n) is 7.91. The number of hydrogen-bond acceptors (Lipinski definition) is 10. The van der Waals surface area contributed by atoms with Crippen LogP contribution in [0.2, 0.25) is 0 Å². The Labute approximate surface area is 258 Å². The number of hydrogen-bond donors (Lipinski definition) is 2. The van der Waals surface area contributed by atoms with Gasteiger partial charge in [0.1, 0.15) is 34.7 Å². The Balaban J connectivity index is 1.13.